The fourth-order valence-electron chi connectivity index (χ4n) is 2.31. The van der Waals surface area contributed by atoms with Crippen molar-refractivity contribution >= 4 is 15.9 Å². The minimum absolute atomic E-state index is 0.418. The molecule has 1 aromatic carbocycles. The van der Waals surface area contributed by atoms with Gasteiger partial charge in [-0.25, -0.2) is 4.68 Å². The van der Waals surface area contributed by atoms with Crippen LogP contribution in [0.2, 0.25) is 0 Å². The Morgan fingerprint density at radius 3 is 2.60 bits per heavy atom. The first kappa shape index (κ1) is 15.3. The minimum Gasteiger partial charge on any atom is -0.241 e. The Kier molecular flexibility index (Phi) is 6.31. The van der Waals surface area contributed by atoms with E-state index in [1.807, 2.05) is 29.1 Å². The summed E-state index contributed by atoms with van der Waals surface area (Å²) in [5, 5.41) is 4.45. The maximum atomic E-state index is 4.45. The fourth-order valence-corrected chi connectivity index (χ4v) is 2.87. The van der Waals surface area contributed by atoms with Crippen LogP contribution < -0.4 is 0 Å². The van der Waals surface area contributed by atoms with Crippen LogP contribution in [0, 0.1) is 0 Å². The van der Waals surface area contributed by atoms with Crippen molar-refractivity contribution in [2.75, 3.05) is 0 Å². The second kappa shape index (κ2) is 8.25. The Bertz CT molecular complexity index is 493. The van der Waals surface area contributed by atoms with Crippen LogP contribution in [0.4, 0.5) is 0 Å². The zero-order valence-electron chi connectivity index (χ0n) is 12.1. The molecule has 0 spiro atoms. The summed E-state index contributed by atoms with van der Waals surface area (Å²) < 4.78 is 1.95. The van der Waals surface area contributed by atoms with Gasteiger partial charge in [-0.1, -0.05) is 73.2 Å². The summed E-state index contributed by atoms with van der Waals surface area (Å²) in [4.78, 5) is 0.418. The molecule has 1 heterocycles. The van der Waals surface area contributed by atoms with E-state index in [4.69, 9.17) is 0 Å². The number of alkyl halides is 1. The van der Waals surface area contributed by atoms with Gasteiger partial charge in [0.15, 0.2) is 0 Å². The van der Waals surface area contributed by atoms with Crippen LogP contribution >= 0.6 is 15.9 Å². The van der Waals surface area contributed by atoms with E-state index in [2.05, 4.69) is 46.3 Å². The predicted molar refractivity (Wildman–Crippen MR) is 88.6 cm³/mol. The van der Waals surface area contributed by atoms with Crippen molar-refractivity contribution in [1.29, 1.82) is 0 Å². The first-order valence-corrected chi connectivity index (χ1v) is 8.47. The standard InChI is InChI=1S/C17H23BrN2/c1-2-3-4-5-9-12-17(18)15-13-19-20(14-15)16-10-7-6-8-11-16/h6-8,10-11,13-14,17H,2-5,9,12H2,1H3. The van der Waals surface area contributed by atoms with E-state index in [0.717, 1.165) is 5.69 Å². The van der Waals surface area contributed by atoms with Crippen molar-refractivity contribution in [3.05, 3.63) is 48.3 Å². The van der Waals surface area contributed by atoms with Gasteiger partial charge in [0, 0.05) is 16.6 Å². The van der Waals surface area contributed by atoms with E-state index in [1.165, 1.54) is 44.1 Å². The number of aromatic nitrogens is 2. The van der Waals surface area contributed by atoms with Crippen molar-refractivity contribution in [2.45, 2.75) is 50.3 Å². The summed E-state index contributed by atoms with van der Waals surface area (Å²) >= 11 is 3.79. The van der Waals surface area contributed by atoms with Gasteiger partial charge in [-0.05, 0) is 18.6 Å². The van der Waals surface area contributed by atoms with Crippen molar-refractivity contribution in [1.82, 2.24) is 9.78 Å². The summed E-state index contributed by atoms with van der Waals surface area (Å²) in [5.41, 5.74) is 2.38. The number of unbranched alkanes of at least 4 members (excludes halogenated alkanes) is 4. The molecule has 0 bridgehead atoms. The number of rotatable bonds is 8. The lowest BCUT2D eigenvalue weighted by Gasteiger charge is -2.07. The van der Waals surface area contributed by atoms with Gasteiger partial charge >= 0.3 is 0 Å². The van der Waals surface area contributed by atoms with E-state index >= 15 is 0 Å². The normalized spacial score (nSPS) is 12.5. The van der Waals surface area contributed by atoms with Gasteiger partial charge in [-0.15, -0.1) is 0 Å². The average Bonchev–Trinajstić information content (AvgIpc) is 2.98. The van der Waals surface area contributed by atoms with Gasteiger partial charge in [0.25, 0.3) is 0 Å². The molecule has 2 aromatic rings. The number of nitrogens with zero attached hydrogens (tertiary/aromatic N) is 2. The quantitative estimate of drug-likeness (QED) is 0.449. The van der Waals surface area contributed by atoms with Gasteiger partial charge in [0.05, 0.1) is 11.9 Å². The van der Waals surface area contributed by atoms with Gasteiger partial charge in [-0.3, -0.25) is 0 Å². The summed E-state index contributed by atoms with van der Waals surface area (Å²) in [6.07, 6.45) is 11.9. The van der Waals surface area contributed by atoms with Crippen molar-refractivity contribution in [3.63, 3.8) is 0 Å². The molecule has 0 N–H and O–H groups in total. The lowest BCUT2D eigenvalue weighted by atomic mass is 10.1. The highest BCUT2D eigenvalue weighted by atomic mass is 79.9. The minimum atomic E-state index is 0.418. The second-order valence-electron chi connectivity index (χ2n) is 5.22. The van der Waals surface area contributed by atoms with E-state index in [9.17, 15) is 0 Å². The van der Waals surface area contributed by atoms with Gasteiger partial charge in [0.1, 0.15) is 0 Å². The largest absolute Gasteiger partial charge is 0.241 e. The molecule has 1 aromatic heterocycles. The molecule has 2 rings (SSSR count). The lowest BCUT2D eigenvalue weighted by Crippen LogP contribution is -1.93. The molecule has 1 unspecified atom stereocenters. The third-order valence-corrected chi connectivity index (χ3v) is 4.53. The van der Waals surface area contributed by atoms with Crippen LogP contribution in [-0.4, -0.2) is 9.78 Å². The molecule has 108 valence electrons. The zero-order valence-corrected chi connectivity index (χ0v) is 13.7. The predicted octanol–water partition coefficient (Wildman–Crippen LogP) is 5.67. The number of halogens is 1. The molecule has 0 fully saturated rings. The molecule has 0 saturated carbocycles. The van der Waals surface area contributed by atoms with E-state index in [-0.39, 0.29) is 0 Å². The maximum absolute atomic E-state index is 4.45. The van der Waals surface area contributed by atoms with Gasteiger partial charge in [-0.2, -0.15) is 5.10 Å². The average molecular weight is 335 g/mol. The molecular weight excluding hydrogens is 312 g/mol. The fraction of sp³-hybridized carbons (Fsp3) is 0.471. The van der Waals surface area contributed by atoms with Crippen LogP contribution in [0.25, 0.3) is 5.69 Å². The highest BCUT2D eigenvalue weighted by Gasteiger charge is 2.10. The summed E-state index contributed by atoms with van der Waals surface area (Å²) in [6, 6.07) is 10.2. The lowest BCUT2D eigenvalue weighted by molar-refractivity contribution is 0.606. The van der Waals surface area contributed by atoms with Gasteiger partial charge < -0.3 is 0 Å². The Hall–Kier alpha value is -1.09. The van der Waals surface area contributed by atoms with Crippen LogP contribution in [0.15, 0.2) is 42.7 Å². The Morgan fingerprint density at radius 2 is 1.85 bits per heavy atom. The SMILES string of the molecule is CCCCCCCC(Br)c1cnn(-c2ccccc2)c1. The van der Waals surface area contributed by atoms with E-state index < -0.39 is 0 Å². The first-order chi connectivity index (χ1) is 9.81. The number of para-hydroxylation sites is 1. The maximum Gasteiger partial charge on any atom is 0.0645 e. The van der Waals surface area contributed by atoms with E-state index in [1.54, 1.807) is 0 Å². The molecule has 20 heavy (non-hydrogen) atoms. The van der Waals surface area contributed by atoms with Crippen LogP contribution in [0.3, 0.4) is 0 Å². The van der Waals surface area contributed by atoms with Crippen molar-refractivity contribution < 1.29 is 0 Å². The molecule has 0 aliphatic carbocycles. The Morgan fingerprint density at radius 1 is 1.10 bits per heavy atom. The smallest absolute Gasteiger partial charge is 0.0645 e. The molecule has 1 atom stereocenters. The molecular formula is C17H23BrN2. The van der Waals surface area contributed by atoms with Gasteiger partial charge in [0.2, 0.25) is 0 Å². The summed E-state index contributed by atoms with van der Waals surface area (Å²) in [5.74, 6) is 0. The monoisotopic (exact) mass is 334 g/mol. The Balaban J connectivity index is 1.85. The second-order valence-corrected chi connectivity index (χ2v) is 6.33. The number of hydrogen-bond donors (Lipinski definition) is 0. The van der Waals surface area contributed by atoms with Crippen LogP contribution in [-0.2, 0) is 0 Å². The highest BCUT2D eigenvalue weighted by Crippen LogP contribution is 2.28. The number of hydrogen-bond acceptors (Lipinski definition) is 1. The molecule has 3 heteroatoms. The molecule has 0 saturated heterocycles. The Labute approximate surface area is 130 Å². The molecule has 0 amide bonds. The first-order valence-electron chi connectivity index (χ1n) is 7.55. The molecule has 0 aliphatic rings. The van der Waals surface area contributed by atoms with Crippen molar-refractivity contribution in [3.8, 4) is 5.69 Å². The third kappa shape index (κ3) is 4.48. The molecule has 0 radical (unpaired) electrons. The number of benzene rings is 1. The van der Waals surface area contributed by atoms with Crippen LogP contribution in [0.5, 0.6) is 0 Å². The van der Waals surface area contributed by atoms with E-state index in [0.29, 0.717) is 4.83 Å². The molecule has 0 aliphatic heterocycles. The molecule has 2 nitrogen and oxygen atoms in total. The zero-order chi connectivity index (χ0) is 14.2. The third-order valence-electron chi connectivity index (χ3n) is 3.55. The van der Waals surface area contributed by atoms with Crippen molar-refractivity contribution in [2.24, 2.45) is 0 Å². The van der Waals surface area contributed by atoms with Crippen LogP contribution in [0.1, 0.15) is 55.8 Å². The summed E-state index contributed by atoms with van der Waals surface area (Å²) in [6.45, 7) is 2.26. The topological polar surface area (TPSA) is 17.8 Å². The summed E-state index contributed by atoms with van der Waals surface area (Å²) in [7, 11) is 0. The highest BCUT2D eigenvalue weighted by molar-refractivity contribution is 9.09.